The van der Waals surface area contributed by atoms with E-state index in [1.165, 1.54) is 12.0 Å². The third kappa shape index (κ3) is 7.10. The Kier molecular flexibility index (Phi) is 8.99. The Bertz CT molecular complexity index is 705. The molecule has 1 fully saturated rings. The fraction of sp³-hybridized carbons (Fsp3) is 0.526. The molecule has 2 N–H and O–H groups in total. The Morgan fingerprint density at radius 2 is 2.15 bits per heavy atom. The van der Waals surface area contributed by atoms with Crippen molar-refractivity contribution in [3.63, 3.8) is 0 Å². The van der Waals surface area contributed by atoms with Crippen LogP contribution >= 0.6 is 24.0 Å². The van der Waals surface area contributed by atoms with Crippen LogP contribution in [0.3, 0.4) is 0 Å². The van der Waals surface area contributed by atoms with E-state index in [9.17, 15) is 0 Å². The Balaban J connectivity index is 0.00000261. The average molecular weight is 484 g/mol. The molecule has 1 atom stereocenters. The highest BCUT2D eigenvalue weighted by Crippen LogP contribution is 2.13. The van der Waals surface area contributed by atoms with Crippen molar-refractivity contribution in [2.24, 2.45) is 4.99 Å². The fourth-order valence-corrected chi connectivity index (χ4v) is 3.23. The van der Waals surface area contributed by atoms with Gasteiger partial charge in [-0.3, -0.25) is 4.90 Å². The average Bonchev–Trinajstić information content (AvgIpc) is 3.06. The van der Waals surface area contributed by atoms with E-state index in [1.54, 1.807) is 6.92 Å². The number of rotatable bonds is 6. The minimum atomic E-state index is 0. The minimum Gasteiger partial charge on any atom is -0.357 e. The molecule has 1 aliphatic rings. The van der Waals surface area contributed by atoms with Gasteiger partial charge in [-0.05, 0) is 31.9 Å². The summed E-state index contributed by atoms with van der Waals surface area (Å²) in [7, 11) is 0. The summed E-state index contributed by atoms with van der Waals surface area (Å²) in [5.41, 5.74) is 1.36. The van der Waals surface area contributed by atoms with Gasteiger partial charge >= 0.3 is 0 Å². The van der Waals surface area contributed by atoms with Gasteiger partial charge in [-0.2, -0.15) is 4.98 Å². The quantitative estimate of drug-likeness (QED) is 0.373. The maximum Gasteiger partial charge on any atom is 0.223 e. The van der Waals surface area contributed by atoms with Crippen molar-refractivity contribution in [3.8, 4) is 0 Å². The molecular formula is C19H29IN6O. The van der Waals surface area contributed by atoms with Gasteiger partial charge in [0, 0.05) is 32.6 Å². The van der Waals surface area contributed by atoms with E-state index in [0.29, 0.717) is 24.3 Å². The molecule has 0 amide bonds. The molecule has 0 bridgehead atoms. The van der Waals surface area contributed by atoms with E-state index < -0.39 is 0 Å². The second-order valence-electron chi connectivity index (χ2n) is 6.63. The van der Waals surface area contributed by atoms with Crippen LogP contribution in [0.4, 0.5) is 0 Å². The van der Waals surface area contributed by atoms with E-state index in [0.717, 1.165) is 38.6 Å². The summed E-state index contributed by atoms with van der Waals surface area (Å²) in [6.07, 6.45) is 2.34. The van der Waals surface area contributed by atoms with Gasteiger partial charge in [0.15, 0.2) is 11.8 Å². The molecule has 2 heterocycles. The largest absolute Gasteiger partial charge is 0.357 e. The fourth-order valence-electron chi connectivity index (χ4n) is 3.23. The predicted octanol–water partition coefficient (Wildman–Crippen LogP) is 2.72. The standard InChI is InChI=1S/C19H28N6O.HI/c1-3-20-19(21-12-18-22-15(2)26-24-18)23-17-10-7-11-25(14-17)13-16-8-5-4-6-9-16;/h4-6,8-9,17H,3,7,10-14H2,1-2H3,(H2,20,21,23);1H. The highest BCUT2D eigenvalue weighted by atomic mass is 127. The van der Waals surface area contributed by atoms with Crippen LogP contribution in [0.15, 0.2) is 39.8 Å². The van der Waals surface area contributed by atoms with Crippen LogP contribution in [0.25, 0.3) is 0 Å². The number of piperidine rings is 1. The molecule has 1 saturated heterocycles. The third-order valence-corrected chi connectivity index (χ3v) is 4.39. The normalized spacial score (nSPS) is 18.0. The molecule has 148 valence electrons. The molecule has 0 spiro atoms. The van der Waals surface area contributed by atoms with E-state index >= 15 is 0 Å². The van der Waals surface area contributed by atoms with Crippen LogP contribution < -0.4 is 10.6 Å². The number of aromatic nitrogens is 2. The third-order valence-electron chi connectivity index (χ3n) is 4.39. The molecule has 27 heavy (non-hydrogen) atoms. The van der Waals surface area contributed by atoms with Crippen molar-refractivity contribution in [3.05, 3.63) is 47.6 Å². The predicted molar refractivity (Wildman–Crippen MR) is 117 cm³/mol. The molecule has 3 rings (SSSR count). The number of aryl methyl sites for hydroxylation is 1. The van der Waals surface area contributed by atoms with Crippen LogP contribution in [0.2, 0.25) is 0 Å². The summed E-state index contributed by atoms with van der Waals surface area (Å²) in [5.74, 6) is 1.98. The summed E-state index contributed by atoms with van der Waals surface area (Å²) in [5, 5.41) is 10.8. The highest BCUT2D eigenvalue weighted by Gasteiger charge is 2.20. The Morgan fingerprint density at radius 1 is 1.33 bits per heavy atom. The SMILES string of the molecule is CCNC(=NCc1noc(C)n1)NC1CCCN(Cc2ccccc2)C1.I. The zero-order valence-corrected chi connectivity index (χ0v) is 18.3. The van der Waals surface area contributed by atoms with Crippen molar-refractivity contribution >= 4 is 29.9 Å². The van der Waals surface area contributed by atoms with Gasteiger partial charge in [0.2, 0.25) is 5.89 Å². The highest BCUT2D eigenvalue weighted by molar-refractivity contribution is 14.0. The lowest BCUT2D eigenvalue weighted by molar-refractivity contribution is 0.192. The number of guanidine groups is 1. The molecule has 8 heteroatoms. The Morgan fingerprint density at radius 3 is 2.85 bits per heavy atom. The van der Waals surface area contributed by atoms with Crippen molar-refractivity contribution in [2.75, 3.05) is 19.6 Å². The van der Waals surface area contributed by atoms with Crippen molar-refractivity contribution in [1.82, 2.24) is 25.7 Å². The van der Waals surface area contributed by atoms with Crippen LogP contribution in [-0.2, 0) is 13.1 Å². The van der Waals surface area contributed by atoms with Gasteiger partial charge in [-0.25, -0.2) is 4.99 Å². The molecule has 2 aromatic rings. The maximum atomic E-state index is 5.00. The second-order valence-corrected chi connectivity index (χ2v) is 6.63. The van der Waals surface area contributed by atoms with Crippen molar-refractivity contribution in [2.45, 2.75) is 45.8 Å². The van der Waals surface area contributed by atoms with Gasteiger partial charge in [0.1, 0.15) is 6.54 Å². The van der Waals surface area contributed by atoms with Gasteiger partial charge in [0.05, 0.1) is 0 Å². The molecule has 0 radical (unpaired) electrons. The van der Waals surface area contributed by atoms with Gasteiger partial charge in [0.25, 0.3) is 0 Å². The van der Waals surface area contributed by atoms with Gasteiger partial charge < -0.3 is 15.2 Å². The summed E-state index contributed by atoms with van der Waals surface area (Å²) >= 11 is 0. The lowest BCUT2D eigenvalue weighted by Gasteiger charge is -2.34. The summed E-state index contributed by atoms with van der Waals surface area (Å²) in [6.45, 7) is 8.23. The van der Waals surface area contributed by atoms with E-state index in [4.69, 9.17) is 4.52 Å². The number of likely N-dealkylation sites (tertiary alicyclic amines) is 1. The maximum absolute atomic E-state index is 5.00. The minimum absolute atomic E-state index is 0. The van der Waals surface area contributed by atoms with Gasteiger partial charge in [-0.15, -0.1) is 24.0 Å². The lowest BCUT2D eigenvalue weighted by atomic mass is 10.0. The number of hydrogen-bond acceptors (Lipinski definition) is 5. The number of hydrogen-bond donors (Lipinski definition) is 2. The zero-order chi connectivity index (χ0) is 18.2. The van der Waals surface area contributed by atoms with Crippen LogP contribution in [0.5, 0.6) is 0 Å². The molecule has 1 aromatic carbocycles. The van der Waals surface area contributed by atoms with E-state index in [2.05, 4.69) is 67.9 Å². The monoisotopic (exact) mass is 484 g/mol. The second kappa shape index (κ2) is 11.2. The topological polar surface area (TPSA) is 78.6 Å². The van der Waals surface area contributed by atoms with Gasteiger partial charge in [-0.1, -0.05) is 35.5 Å². The summed E-state index contributed by atoms with van der Waals surface area (Å²) < 4.78 is 5.00. The molecular weight excluding hydrogens is 455 g/mol. The number of benzene rings is 1. The molecule has 0 saturated carbocycles. The first-order valence-electron chi connectivity index (χ1n) is 9.33. The zero-order valence-electron chi connectivity index (χ0n) is 16.0. The van der Waals surface area contributed by atoms with Crippen LogP contribution in [0.1, 0.15) is 37.0 Å². The molecule has 1 unspecified atom stereocenters. The number of nitrogens with zero attached hydrogens (tertiary/aromatic N) is 4. The summed E-state index contributed by atoms with van der Waals surface area (Å²) in [4.78, 5) is 11.3. The van der Waals surface area contributed by atoms with Crippen molar-refractivity contribution < 1.29 is 4.52 Å². The Labute approximate surface area is 178 Å². The lowest BCUT2D eigenvalue weighted by Crippen LogP contribution is -2.51. The van der Waals surface area contributed by atoms with Crippen molar-refractivity contribution in [1.29, 1.82) is 0 Å². The van der Waals surface area contributed by atoms with E-state index in [1.807, 2.05) is 0 Å². The van der Waals surface area contributed by atoms with Crippen LogP contribution in [0, 0.1) is 6.92 Å². The smallest absolute Gasteiger partial charge is 0.223 e. The summed E-state index contributed by atoms with van der Waals surface area (Å²) in [6, 6.07) is 11.0. The molecule has 1 aliphatic heterocycles. The first-order valence-corrected chi connectivity index (χ1v) is 9.33. The van der Waals surface area contributed by atoms with Crippen LogP contribution in [-0.4, -0.2) is 46.7 Å². The number of nitrogens with one attached hydrogen (secondary N) is 2. The number of aliphatic imine (C=N–C) groups is 1. The molecule has 7 nitrogen and oxygen atoms in total. The Hall–Kier alpha value is -1.68. The molecule has 1 aromatic heterocycles. The first-order chi connectivity index (χ1) is 12.7. The molecule has 0 aliphatic carbocycles. The van der Waals surface area contributed by atoms with E-state index in [-0.39, 0.29) is 24.0 Å². The number of halogens is 1. The first kappa shape index (κ1) is 21.6.